The summed E-state index contributed by atoms with van der Waals surface area (Å²) in [5.74, 6) is -4.67. The number of likely N-dealkylation sites (tertiary alicyclic amines) is 1. The van der Waals surface area contributed by atoms with E-state index in [4.69, 9.17) is 9.16 Å². The summed E-state index contributed by atoms with van der Waals surface area (Å²) in [6.07, 6.45) is -0.0827. The number of nitrogens with zero attached hydrogens (tertiary/aromatic N) is 1. The Morgan fingerprint density at radius 1 is 0.894 bits per heavy atom. The topological polar surface area (TPSA) is 96.3 Å². The number of phenols is 1. The first-order valence-electron chi connectivity index (χ1n) is 16.4. The molecule has 3 fully saturated rings. The standard InChI is InChI=1S/C38H41NO6SSi/c1-37(2,3)47(27-14-6-4-7-15-27,28-16-8-5-9-17-28)44-24-25-21-30-34(36(42)39(35(30)41)23-26-13-12-20-46-26)31-22-33(45-38(25,31)43)29-18-10-11-19-32(29)40/h4-20,25,30-31,33-34,40,43H,21-24H2,1-3H3/t25-,30+,31+,33+,34+,38-/m1/s1. The van der Waals surface area contributed by atoms with Gasteiger partial charge in [0, 0.05) is 28.9 Å². The Labute approximate surface area is 280 Å². The number of para-hydroxylation sites is 1. The third kappa shape index (κ3) is 5.29. The molecule has 0 bridgehead atoms. The average molecular weight is 668 g/mol. The van der Waals surface area contributed by atoms with Crippen molar-refractivity contribution in [2.24, 2.45) is 23.7 Å². The first kappa shape index (κ1) is 32.0. The van der Waals surface area contributed by atoms with Crippen LogP contribution in [0, 0.1) is 23.7 Å². The summed E-state index contributed by atoms with van der Waals surface area (Å²) >= 11 is 1.51. The van der Waals surface area contributed by atoms with Gasteiger partial charge in [-0.25, -0.2) is 0 Å². The lowest BCUT2D eigenvalue weighted by Gasteiger charge is -2.48. The van der Waals surface area contributed by atoms with Crippen LogP contribution < -0.4 is 10.4 Å². The second kappa shape index (κ2) is 12.1. The highest BCUT2D eigenvalue weighted by molar-refractivity contribution is 7.09. The molecule has 0 radical (unpaired) electrons. The molecule has 9 heteroatoms. The van der Waals surface area contributed by atoms with E-state index in [9.17, 15) is 19.8 Å². The number of amides is 2. The number of thiophene rings is 1. The van der Waals surface area contributed by atoms with E-state index < -0.39 is 43.9 Å². The zero-order chi connectivity index (χ0) is 33.0. The van der Waals surface area contributed by atoms with Crippen LogP contribution in [0.3, 0.4) is 0 Å². The Morgan fingerprint density at radius 2 is 1.53 bits per heavy atom. The Kier molecular flexibility index (Phi) is 8.25. The van der Waals surface area contributed by atoms with E-state index in [2.05, 4.69) is 45.0 Å². The van der Waals surface area contributed by atoms with Crippen LogP contribution in [-0.2, 0) is 25.3 Å². The number of ether oxygens (including phenoxy) is 1. The Hall–Kier alpha value is -3.60. The van der Waals surface area contributed by atoms with Gasteiger partial charge in [-0.05, 0) is 45.8 Å². The first-order valence-corrected chi connectivity index (χ1v) is 19.1. The van der Waals surface area contributed by atoms with Gasteiger partial charge < -0.3 is 19.4 Å². The van der Waals surface area contributed by atoms with E-state index >= 15 is 0 Å². The van der Waals surface area contributed by atoms with Gasteiger partial charge in [-0.15, -0.1) is 11.3 Å². The van der Waals surface area contributed by atoms with Gasteiger partial charge in [0.05, 0.1) is 24.5 Å². The van der Waals surface area contributed by atoms with Crippen molar-refractivity contribution in [3.05, 3.63) is 113 Å². The van der Waals surface area contributed by atoms with Crippen LogP contribution in [-0.4, -0.2) is 47.6 Å². The van der Waals surface area contributed by atoms with Crippen molar-refractivity contribution in [3.8, 4) is 5.75 Å². The maximum absolute atomic E-state index is 14.1. The van der Waals surface area contributed by atoms with Gasteiger partial charge in [-0.2, -0.15) is 0 Å². The number of imide groups is 1. The van der Waals surface area contributed by atoms with E-state index in [1.807, 2.05) is 60.0 Å². The van der Waals surface area contributed by atoms with Crippen LogP contribution in [0.1, 0.15) is 50.2 Å². The molecular weight excluding hydrogens is 627 g/mol. The molecule has 1 aliphatic carbocycles. The molecule has 1 aromatic heterocycles. The van der Waals surface area contributed by atoms with Crippen molar-refractivity contribution < 1.29 is 29.0 Å². The van der Waals surface area contributed by atoms with Crippen LogP contribution in [0.5, 0.6) is 5.75 Å². The minimum Gasteiger partial charge on any atom is -0.508 e. The second-order valence-electron chi connectivity index (χ2n) is 14.1. The summed E-state index contributed by atoms with van der Waals surface area (Å²) in [7, 11) is -2.99. The number of fused-ring (bicyclic) bond motifs is 3. The van der Waals surface area contributed by atoms with E-state index in [1.165, 1.54) is 16.2 Å². The number of phenolic OH excluding ortho intramolecular Hbond substituents is 1. The number of carbonyl (C=O) groups excluding carboxylic acids is 2. The van der Waals surface area contributed by atoms with Crippen molar-refractivity contribution in [1.82, 2.24) is 4.90 Å². The Morgan fingerprint density at radius 3 is 2.13 bits per heavy atom. The van der Waals surface area contributed by atoms with Crippen LogP contribution in [0.4, 0.5) is 0 Å². The quantitative estimate of drug-likeness (QED) is 0.187. The summed E-state index contributed by atoms with van der Waals surface area (Å²) in [5, 5.41) is 27.3. The smallest absolute Gasteiger partial charge is 0.261 e. The van der Waals surface area contributed by atoms with E-state index in [-0.39, 0.29) is 42.2 Å². The van der Waals surface area contributed by atoms with Crippen molar-refractivity contribution >= 4 is 41.8 Å². The largest absolute Gasteiger partial charge is 0.508 e. The molecule has 4 aromatic rings. The summed E-state index contributed by atoms with van der Waals surface area (Å²) < 4.78 is 13.9. The van der Waals surface area contributed by atoms with Crippen LogP contribution in [0.15, 0.2) is 102 Å². The molecule has 2 aliphatic heterocycles. The lowest BCUT2D eigenvalue weighted by atomic mass is 9.64. The molecule has 2 saturated heterocycles. The molecule has 1 saturated carbocycles. The van der Waals surface area contributed by atoms with Gasteiger partial charge in [-0.1, -0.05) is 106 Å². The molecule has 244 valence electrons. The summed E-state index contributed by atoms with van der Waals surface area (Å²) in [5.41, 5.74) is 0.561. The first-order chi connectivity index (χ1) is 22.5. The highest BCUT2D eigenvalue weighted by atomic mass is 32.1. The van der Waals surface area contributed by atoms with Crippen molar-refractivity contribution in [1.29, 1.82) is 0 Å². The molecule has 7 nitrogen and oxygen atoms in total. The molecular formula is C38H41NO6SSi. The minimum atomic E-state index is -2.99. The van der Waals surface area contributed by atoms with Crippen molar-refractivity contribution in [3.63, 3.8) is 0 Å². The number of aromatic hydroxyl groups is 1. The van der Waals surface area contributed by atoms with E-state index in [1.54, 1.807) is 18.2 Å². The number of aliphatic hydroxyl groups is 1. The van der Waals surface area contributed by atoms with Gasteiger partial charge in [0.15, 0.2) is 5.79 Å². The van der Waals surface area contributed by atoms with Crippen LogP contribution in [0.2, 0.25) is 5.04 Å². The molecule has 7 rings (SSSR count). The van der Waals surface area contributed by atoms with Crippen LogP contribution in [0.25, 0.3) is 0 Å². The number of rotatable bonds is 8. The van der Waals surface area contributed by atoms with Gasteiger partial charge in [0.25, 0.3) is 8.32 Å². The normalized spacial score (nSPS) is 27.6. The predicted molar refractivity (Wildman–Crippen MR) is 184 cm³/mol. The number of hydrogen-bond acceptors (Lipinski definition) is 7. The number of carbonyl (C=O) groups is 2. The predicted octanol–water partition coefficient (Wildman–Crippen LogP) is 5.62. The highest BCUT2D eigenvalue weighted by Gasteiger charge is 2.67. The fraction of sp³-hybridized carbons (Fsp3) is 0.368. The number of benzene rings is 3. The fourth-order valence-electron chi connectivity index (χ4n) is 8.39. The third-order valence-electron chi connectivity index (χ3n) is 10.6. The SMILES string of the molecule is CC(C)(C)[Si](OC[C@H]1C[C@@H]2C(=O)N(Cc3cccs3)C(=O)[C@@H]2[C@@H]2C[C@@H](c3ccccc3O)O[C@]12O)(c1ccccc1)c1ccccc1. The van der Waals surface area contributed by atoms with E-state index in [0.717, 1.165) is 15.3 Å². The maximum atomic E-state index is 14.1. The lowest BCUT2D eigenvalue weighted by Crippen LogP contribution is -2.67. The summed E-state index contributed by atoms with van der Waals surface area (Å²) in [4.78, 5) is 30.4. The maximum Gasteiger partial charge on any atom is 0.261 e. The minimum absolute atomic E-state index is 0.0737. The number of hydrogen-bond donors (Lipinski definition) is 2. The average Bonchev–Trinajstić information content (AvgIpc) is 3.76. The summed E-state index contributed by atoms with van der Waals surface area (Å²) in [6, 6.07) is 31.4. The molecule has 0 spiro atoms. The van der Waals surface area contributed by atoms with Gasteiger partial charge in [0.1, 0.15) is 5.75 Å². The molecule has 3 aliphatic rings. The third-order valence-corrected chi connectivity index (χ3v) is 16.4. The molecule has 2 N–H and O–H groups in total. The van der Waals surface area contributed by atoms with Gasteiger partial charge in [0.2, 0.25) is 11.8 Å². The molecule has 3 heterocycles. The van der Waals surface area contributed by atoms with Crippen molar-refractivity contribution in [2.75, 3.05) is 6.61 Å². The molecule has 6 atom stereocenters. The summed E-state index contributed by atoms with van der Waals surface area (Å²) in [6.45, 7) is 6.98. The molecule has 47 heavy (non-hydrogen) atoms. The van der Waals surface area contributed by atoms with Crippen molar-refractivity contribution in [2.45, 2.75) is 57.1 Å². The fourth-order valence-corrected chi connectivity index (χ4v) is 13.7. The van der Waals surface area contributed by atoms with Gasteiger partial charge in [-0.3, -0.25) is 14.5 Å². The Balaban J connectivity index is 1.29. The van der Waals surface area contributed by atoms with Gasteiger partial charge >= 0.3 is 0 Å². The highest BCUT2D eigenvalue weighted by Crippen LogP contribution is 2.59. The second-order valence-corrected chi connectivity index (χ2v) is 19.5. The van der Waals surface area contributed by atoms with Crippen LogP contribution >= 0.6 is 11.3 Å². The Bertz CT molecular complexity index is 1700. The zero-order valence-corrected chi connectivity index (χ0v) is 28.7. The lowest BCUT2D eigenvalue weighted by molar-refractivity contribution is -0.273. The van der Waals surface area contributed by atoms with E-state index in [0.29, 0.717) is 12.0 Å². The monoisotopic (exact) mass is 667 g/mol. The molecule has 3 aromatic carbocycles. The molecule has 0 unspecified atom stereocenters. The zero-order valence-electron chi connectivity index (χ0n) is 26.9. The molecule has 2 amide bonds.